The second-order valence-electron chi connectivity index (χ2n) is 7.51. The van der Waals surface area contributed by atoms with Crippen molar-refractivity contribution < 1.29 is 14.3 Å². The van der Waals surface area contributed by atoms with Crippen LogP contribution in [-0.4, -0.2) is 24.5 Å². The molecule has 2 amide bonds. The third kappa shape index (κ3) is 4.93. The van der Waals surface area contributed by atoms with Gasteiger partial charge in [-0.15, -0.1) is 0 Å². The maximum atomic E-state index is 12.8. The molecule has 0 bridgehead atoms. The smallest absolute Gasteiger partial charge is 0.262 e. The van der Waals surface area contributed by atoms with Gasteiger partial charge in [-0.25, -0.2) is 0 Å². The molecule has 6 heteroatoms. The Morgan fingerprint density at radius 2 is 1.64 bits per heavy atom. The number of halogens is 1. The molecule has 2 aliphatic rings. The van der Waals surface area contributed by atoms with Crippen LogP contribution in [0.15, 0.2) is 53.0 Å². The molecule has 28 heavy (non-hydrogen) atoms. The number of carbonyl (C=O) groups excluding carboxylic acids is 2. The molecular weight excluding hydrogens is 420 g/mol. The van der Waals surface area contributed by atoms with Gasteiger partial charge in [0.05, 0.1) is 5.56 Å². The van der Waals surface area contributed by atoms with Crippen molar-refractivity contribution in [2.24, 2.45) is 11.8 Å². The lowest BCUT2D eigenvalue weighted by Gasteiger charge is -2.19. The summed E-state index contributed by atoms with van der Waals surface area (Å²) in [5.41, 5.74) is 1.17. The van der Waals surface area contributed by atoms with E-state index < -0.39 is 0 Å². The molecule has 2 fully saturated rings. The highest BCUT2D eigenvalue weighted by Gasteiger charge is 2.42. The molecule has 0 saturated heterocycles. The van der Waals surface area contributed by atoms with E-state index in [-0.39, 0.29) is 24.5 Å². The molecule has 0 radical (unpaired) electrons. The zero-order valence-corrected chi connectivity index (χ0v) is 17.1. The van der Waals surface area contributed by atoms with Gasteiger partial charge in [-0.3, -0.25) is 9.59 Å². The quantitative estimate of drug-likeness (QED) is 0.636. The van der Waals surface area contributed by atoms with E-state index in [1.807, 2.05) is 18.2 Å². The molecule has 2 saturated carbocycles. The molecule has 146 valence electrons. The summed E-state index contributed by atoms with van der Waals surface area (Å²) in [6.45, 7) is -0.158. The van der Waals surface area contributed by atoms with Crippen LogP contribution in [0, 0.1) is 11.8 Å². The lowest BCUT2D eigenvalue weighted by molar-refractivity contribution is -0.118. The Balaban J connectivity index is 1.36. The van der Waals surface area contributed by atoms with Gasteiger partial charge in [0.1, 0.15) is 5.75 Å². The van der Waals surface area contributed by atoms with Crippen molar-refractivity contribution >= 4 is 33.4 Å². The summed E-state index contributed by atoms with van der Waals surface area (Å²) < 4.78 is 6.61. The van der Waals surface area contributed by atoms with Crippen LogP contribution in [-0.2, 0) is 4.79 Å². The second-order valence-corrected chi connectivity index (χ2v) is 8.43. The number of carbonyl (C=O) groups is 2. The SMILES string of the molecule is O=C(COc1ccccc1C(=O)NC(C1CC1)C1CC1)Nc1ccc(Br)cc1. The van der Waals surface area contributed by atoms with Crippen molar-refractivity contribution in [3.8, 4) is 5.75 Å². The molecule has 4 rings (SSSR count). The minimum atomic E-state index is -0.272. The van der Waals surface area contributed by atoms with E-state index in [1.165, 1.54) is 25.7 Å². The predicted molar refractivity (Wildman–Crippen MR) is 111 cm³/mol. The largest absolute Gasteiger partial charge is 0.483 e. The van der Waals surface area contributed by atoms with Crippen LogP contribution >= 0.6 is 15.9 Å². The number of anilines is 1. The Morgan fingerprint density at radius 1 is 1.00 bits per heavy atom. The van der Waals surface area contributed by atoms with E-state index in [0.717, 1.165) is 4.47 Å². The maximum absolute atomic E-state index is 12.8. The van der Waals surface area contributed by atoms with Crippen LogP contribution in [0.3, 0.4) is 0 Å². The fourth-order valence-corrected chi connectivity index (χ4v) is 3.68. The van der Waals surface area contributed by atoms with Crippen molar-refractivity contribution in [1.29, 1.82) is 0 Å². The molecule has 2 aromatic rings. The van der Waals surface area contributed by atoms with Crippen LogP contribution in [0.25, 0.3) is 0 Å². The fourth-order valence-electron chi connectivity index (χ4n) is 3.41. The van der Waals surface area contributed by atoms with Gasteiger partial charge in [0.25, 0.3) is 11.8 Å². The van der Waals surface area contributed by atoms with Gasteiger partial charge >= 0.3 is 0 Å². The summed E-state index contributed by atoms with van der Waals surface area (Å²) in [6.07, 6.45) is 4.82. The normalized spacial score (nSPS) is 15.9. The first-order valence-electron chi connectivity index (χ1n) is 9.68. The lowest BCUT2D eigenvalue weighted by Crippen LogP contribution is -2.38. The zero-order valence-electron chi connectivity index (χ0n) is 15.5. The maximum Gasteiger partial charge on any atom is 0.262 e. The van der Waals surface area contributed by atoms with Crippen LogP contribution in [0.2, 0.25) is 0 Å². The Labute approximate surface area is 173 Å². The monoisotopic (exact) mass is 442 g/mol. The Hall–Kier alpha value is -2.34. The summed E-state index contributed by atoms with van der Waals surface area (Å²) in [5.74, 6) is 1.29. The lowest BCUT2D eigenvalue weighted by atomic mass is 10.1. The van der Waals surface area contributed by atoms with E-state index in [9.17, 15) is 9.59 Å². The summed E-state index contributed by atoms with van der Waals surface area (Å²) in [6, 6.07) is 14.7. The van der Waals surface area contributed by atoms with Gasteiger partial charge in [0.15, 0.2) is 6.61 Å². The number of rotatable bonds is 8. The Kier molecular flexibility index (Phi) is 5.67. The standard InChI is InChI=1S/C22H23BrN2O3/c23-16-9-11-17(12-10-16)24-20(26)13-28-19-4-2-1-3-18(19)22(27)25-21(14-5-6-14)15-7-8-15/h1-4,9-12,14-15,21H,5-8,13H2,(H,24,26)(H,25,27). The third-order valence-electron chi connectivity index (χ3n) is 5.18. The minimum Gasteiger partial charge on any atom is -0.483 e. The predicted octanol–water partition coefficient (Wildman–Crippen LogP) is 4.39. The highest BCUT2D eigenvalue weighted by Crippen LogP contribution is 2.44. The van der Waals surface area contributed by atoms with E-state index in [2.05, 4.69) is 26.6 Å². The number of nitrogens with one attached hydrogen (secondary N) is 2. The molecule has 2 N–H and O–H groups in total. The molecule has 2 aromatic carbocycles. The van der Waals surface area contributed by atoms with E-state index in [1.54, 1.807) is 30.3 Å². The average Bonchev–Trinajstić information content (AvgIpc) is 3.60. The molecule has 0 spiro atoms. The number of benzene rings is 2. The molecule has 0 aliphatic heterocycles. The van der Waals surface area contributed by atoms with Crippen molar-refractivity contribution in [3.63, 3.8) is 0 Å². The first-order valence-corrected chi connectivity index (χ1v) is 10.5. The summed E-state index contributed by atoms with van der Waals surface area (Å²) >= 11 is 3.36. The highest BCUT2D eigenvalue weighted by molar-refractivity contribution is 9.10. The minimum absolute atomic E-state index is 0.118. The topological polar surface area (TPSA) is 67.4 Å². The fraction of sp³-hybridized carbons (Fsp3) is 0.364. The van der Waals surface area contributed by atoms with Crippen molar-refractivity contribution in [1.82, 2.24) is 5.32 Å². The molecular formula is C22H23BrN2O3. The van der Waals surface area contributed by atoms with Crippen molar-refractivity contribution in [3.05, 3.63) is 58.6 Å². The van der Waals surface area contributed by atoms with Crippen molar-refractivity contribution in [2.75, 3.05) is 11.9 Å². The molecule has 5 nitrogen and oxygen atoms in total. The average molecular weight is 443 g/mol. The van der Waals surface area contributed by atoms with E-state index in [4.69, 9.17) is 4.74 Å². The van der Waals surface area contributed by atoms with Crippen LogP contribution < -0.4 is 15.4 Å². The first kappa shape index (κ1) is 19.0. The molecule has 0 heterocycles. The van der Waals surface area contributed by atoms with Gasteiger partial charge in [0, 0.05) is 16.2 Å². The number of hydrogen-bond donors (Lipinski definition) is 2. The first-order chi connectivity index (χ1) is 13.6. The van der Waals surface area contributed by atoms with Crippen LogP contribution in [0.4, 0.5) is 5.69 Å². The highest BCUT2D eigenvalue weighted by atomic mass is 79.9. The van der Waals surface area contributed by atoms with E-state index >= 15 is 0 Å². The third-order valence-corrected chi connectivity index (χ3v) is 5.70. The number of hydrogen-bond acceptors (Lipinski definition) is 3. The molecule has 2 aliphatic carbocycles. The molecule has 0 unspecified atom stereocenters. The summed E-state index contributed by atoms with van der Waals surface area (Å²) in [7, 11) is 0. The summed E-state index contributed by atoms with van der Waals surface area (Å²) in [5, 5.41) is 5.99. The number of ether oxygens (including phenoxy) is 1. The molecule has 0 atom stereocenters. The molecule has 0 aromatic heterocycles. The Morgan fingerprint density at radius 3 is 2.29 bits per heavy atom. The van der Waals surface area contributed by atoms with Crippen LogP contribution in [0.1, 0.15) is 36.0 Å². The van der Waals surface area contributed by atoms with Crippen molar-refractivity contribution in [2.45, 2.75) is 31.7 Å². The summed E-state index contributed by atoms with van der Waals surface area (Å²) in [4.78, 5) is 25.0. The van der Waals surface area contributed by atoms with Gasteiger partial charge in [-0.1, -0.05) is 28.1 Å². The van der Waals surface area contributed by atoms with E-state index in [0.29, 0.717) is 28.8 Å². The van der Waals surface area contributed by atoms with Gasteiger partial charge < -0.3 is 15.4 Å². The van der Waals surface area contributed by atoms with Gasteiger partial charge in [0.2, 0.25) is 0 Å². The Bertz CT molecular complexity index is 848. The zero-order chi connectivity index (χ0) is 19.5. The number of amides is 2. The van der Waals surface area contributed by atoms with Gasteiger partial charge in [-0.2, -0.15) is 0 Å². The number of para-hydroxylation sites is 1. The second kappa shape index (κ2) is 8.35. The van der Waals surface area contributed by atoms with Crippen LogP contribution in [0.5, 0.6) is 5.75 Å². The van der Waals surface area contributed by atoms with Gasteiger partial charge in [-0.05, 0) is 73.9 Å².